The molecular weight excluding hydrogens is 453 g/mol. The van der Waals surface area contributed by atoms with Crippen molar-refractivity contribution in [3.05, 3.63) is 53.6 Å². The first kappa shape index (κ1) is 24.2. The Morgan fingerprint density at radius 1 is 1.12 bits per heavy atom. The van der Waals surface area contributed by atoms with E-state index in [1.54, 1.807) is 17.0 Å². The molecule has 1 atom stereocenters. The van der Waals surface area contributed by atoms with Crippen molar-refractivity contribution in [3.8, 4) is 5.75 Å². The van der Waals surface area contributed by atoms with Gasteiger partial charge in [-0.15, -0.1) is 12.4 Å². The van der Waals surface area contributed by atoms with E-state index in [9.17, 15) is 9.59 Å². The Bertz CT molecular complexity index is 916. The fraction of sp³-hybridized carbons (Fsp3) is 0.391. The van der Waals surface area contributed by atoms with Gasteiger partial charge in [-0.1, -0.05) is 11.6 Å². The van der Waals surface area contributed by atoms with Gasteiger partial charge in [-0.25, -0.2) is 4.79 Å². The average molecular weight is 480 g/mol. The van der Waals surface area contributed by atoms with Gasteiger partial charge in [-0.2, -0.15) is 0 Å². The van der Waals surface area contributed by atoms with E-state index in [2.05, 4.69) is 10.2 Å². The number of benzene rings is 2. The molecule has 0 unspecified atom stereocenters. The number of hydrogen-bond acceptors (Lipinski definition) is 5. The Balaban J connectivity index is 0.00000289. The van der Waals surface area contributed by atoms with E-state index >= 15 is 0 Å². The van der Waals surface area contributed by atoms with Crippen LogP contribution in [0.2, 0.25) is 5.02 Å². The maximum absolute atomic E-state index is 12.3. The number of carbonyl (C=O) groups is 2. The van der Waals surface area contributed by atoms with E-state index in [1.807, 2.05) is 36.4 Å². The summed E-state index contributed by atoms with van der Waals surface area (Å²) in [7, 11) is 0. The molecule has 0 bridgehead atoms. The Morgan fingerprint density at radius 2 is 1.78 bits per heavy atom. The van der Waals surface area contributed by atoms with Crippen LogP contribution in [0.15, 0.2) is 48.5 Å². The van der Waals surface area contributed by atoms with Crippen molar-refractivity contribution in [2.45, 2.75) is 32.0 Å². The van der Waals surface area contributed by atoms with Crippen LogP contribution in [0.3, 0.4) is 0 Å². The summed E-state index contributed by atoms with van der Waals surface area (Å²) in [5.74, 6) is 0.709. The number of rotatable bonds is 6. The third kappa shape index (κ3) is 6.28. The number of carbonyl (C=O) groups excluding carboxylic acids is 2. The average Bonchev–Trinajstić information content (AvgIpc) is 3.11. The van der Waals surface area contributed by atoms with Crippen LogP contribution in [0.5, 0.6) is 5.75 Å². The number of amides is 2. The number of likely N-dealkylation sites (tertiary alicyclic amines) is 1. The molecule has 0 spiro atoms. The van der Waals surface area contributed by atoms with Crippen LogP contribution in [0.25, 0.3) is 0 Å². The van der Waals surface area contributed by atoms with Crippen molar-refractivity contribution in [1.29, 1.82) is 0 Å². The second kappa shape index (κ2) is 10.9. The number of piperidine rings is 1. The standard InChI is InChI=1S/C23H26ClN3O4.ClH/c1-16(28)25-18-4-8-20(9-5-18)30-21-10-12-26(13-11-21)14-22-15-27(23(29)31-22)19-6-2-17(24)3-7-19;/h2-9,21-22H,10-15H2,1H3,(H,25,28);1H/t22-;/m1./s1. The normalized spacial score (nSPS) is 19.2. The molecule has 2 fully saturated rings. The molecule has 0 aliphatic carbocycles. The van der Waals surface area contributed by atoms with E-state index in [1.165, 1.54) is 6.92 Å². The maximum atomic E-state index is 12.3. The monoisotopic (exact) mass is 479 g/mol. The van der Waals surface area contributed by atoms with E-state index in [0.29, 0.717) is 18.1 Å². The predicted octanol–water partition coefficient (Wildman–Crippen LogP) is 4.59. The van der Waals surface area contributed by atoms with Gasteiger partial charge in [-0.05, 0) is 61.4 Å². The number of nitrogens with zero attached hydrogens (tertiary/aromatic N) is 2. The summed E-state index contributed by atoms with van der Waals surface area (Å²) < 4.78 is 11.7. The quantitative estimate of drug-likeness (QED) is 0.655. The van der Waals surface area contributed by atoms with E-state index in [0.717, 1.165) is 43.1 Å². The van der Waals surface area contributed by atoms with Gasteiger partial charge in [0.2, 0.25) is 5.91 Å². The number of cyclic esters (lactones) is 1. The SMILES string of the molecule is CC(=O)Nc1ccc(OC2CCN(C[C@@H]3CN(c4ccc(Cl)cc4)C(=O)O3)CC2)cc1.Cl. The van der Waals surface area contributed by atoms with Crippen molar-refractivity contribution in [2.75, 3.05) is 36.4 Å². The number of nitrogens with one attached hydrogen (secondary N) is 1. The molecule has 0 radical (unpaired) electrons. The summed E-state index contributed by atoms with van der Waals surface area (Å²) in [4.78, 5) is 27.3. The molecule has 0 saturated carbocycles. The molecule has 2 saturated heterocycles. The largest absolute Gasteiger partial charge is 0.490 e. The van der Waals surface area contributed by atoms with Crippen LogP contribution in [0, 0.1) is 0 Å². The summed E-state index contributed by atoms with van der Waals surface area (Å²) in [5, 5.41) is 3.39. The molecule has 2 aliphatic rings. The maximum Gasteiger partial charge on any atom is 0.414 e. The topological polar surface area (TPSA) is 71.1 Å². The molecule has 172 valence electrons. The number of anilines is 2. The predicted molar refractivity (Wildman–Crippen MR) is 127 cm³/mol. The zero-order chi connectivity index (χ0) is 21.8. The van der Waals surface area contributed by atoms with Gasteiger partial charge < -0.3 is 14.8 Å². The van der Waals surface area contributed by atoms with E-state index < -0.39 is 0 Å². The molecule has 2 amide bonds. The third-order valence-corrected chi connectivity index (χ3v) is 5.74. The van der Waals surface area contributed by atoms with Crippen molar-refractivity contribution in [3.63, 3.8) is 0 Å². The molecule has 2 aromatic carbocycles. The molecule has 32 heavy (non-hydrogen) atoms. The van der Waals surface area contributed by atoms with Crippen LogP contribution in [-0.4, -0.2) is 55.3 Å². The molecule has 2 aliphatic heterocycles. The molecular formula is C23H27Cl2N3O4. The molecule has 2 aromatic rings. The summed E-state index contributed by atoms with van der Waals surface area (Å²) in [6.07, 6.45) is 1.51. The molecule has 4 rings (SSSR count). The number of hydrogen-bond donors (Lipinski definition) is 1. The molecule has 7 nitrogen and oxygen atoms in total. The van der Waals surface area contributed by atoms with Crippen LogP contribution < -0.4 is 15.0 Å². The number of ether oxygens (including phenoxy) is 2. The molecule has 9 heteroatoms. The second-order valence-corrected chi connectivity index (χ2v) is 8.35. The summed E-state index contributed by atoms with van der Waals surface area (Å²) in [5.41, 5.74) is 1.56. The minimum Gasteiger partial charge on any atom is -0.490 e. The lowest BCUT2D eigenvalue weighted by Crippen LogP contribution is -2.42. The van der Waals surface area contributed by atoms with Gasteiger partial charge in [0.15, 0.2) is 0 Å². The summed E-state index contributed by atoms with van der Waals surface area (Å²) in [6.45, 7) is 4.53. The Kier molecular flexibility index (Phi) is 8.23. The summed E-state index contributed by atoms with van der Waals surface area (Å²) in [6, 6.07) is 14.6. The van der Waals surface area contributed by atoms with Gasteiger partial charge >= 0.3 is 6.09 Å². The lowest BCUT2D eigenvalue weighted by molar-refractivity contribution is -0.114. The van der Waals surface area contributed by atoms with Gasteiger partial charge in [-0.3, -0.25) is 14.6 Å². The van der Waals surface area contributed by atoms with E-state index in [4.69, 9.17) is 21.1 Å². The lowest BCUT2D eigenvalue weighted by atomic mass is 10.1. The summed E-state index contributed by atoms with van der Waals surface area (Å²) >= 11 is 5.93. The Hall–Kier alpha value is -2.48. The van der Waals surface area contributed by atoms with Crippen LogP contribution >= 0.6 is 24.0 Å². The number of halogens is 2. The molecule has 0 aromatic heterocycles. The highest BCUT2D eigenvalue weighted by Gasteiger charge is 2.34. The first-order valence-corrected chi connectivity index (χ1v) is 10.8. The van der Waals surface area contributed by atoms with Crippen LogP contribution in [0.4, 0.5) is 16.2 Å². The Morgan fingerprint density at radius 3 is 2.41 bits per heavy atom. The highest BCUT2D eigenvalue weighted by atomic mass is 35.5. The van der Waals surface area contributed by atoms with Gasteiger partial charge in [0.25, 0.3) is 0 Å². The third-order valence-electron chi connectivity index (χ3n) is 5.49. The van der Waals surface area contributed by atoms with Crippen molar-refractivity contribution >= 4 is 47.4 Å². The molecule has 2 heterocycles. The molecule has 1 N–H and O–H groups in total. The van der Waals surface area contributed by atoms with Gasteiger partial charge in [0.1, 0.15) is 18.0 Å². The lowest BCUT2D eigenvalue weighted by Gasteiger charge is -2.33. The minimum atomic E-state index is -0.312. The first-order valence-electron chi connectivity index (χ1n) is 10.5. The smallest absolute Gasteiger partial charge is 0.414 e. The van der Waals surface area contributed by atoms with Crippen LogP contribution in [0.1, 0.15) is 19.8 Å². The van der Waals surface area contributed by atoms with Gasteiger partial charge in [0.05, 0.1) is 6.54 Å². The highest BCUT2D eigenvalue weighted by Crippen LogP contribution is 2.25. The van der Waals surface area contributed by atoms with E-state index in [-0.39, 0.29) is 36.6 Å². The first-order chi connectivity index (χ1) is 15.0. The van der Waals surface area contributed by atoms with Crippen LogP contribution in [-0.2, 0) is 9.53 Å². The zero-order valence-electron chi connectivity index (χ0n) is 17.8. The minimum absolute atomic E-state index is 0. The zero-order valence-corrected chi connectivity index (χ0v) is 19.4. The van der Waals surface area contributed by atoms with Crippen molar-refractivity contribution in [1.82, 2.24) is 4.90 Å². The fourth-order valence-electron chi connectivity index (χ4n) is 3.96. The fourth-order valence-corrected chi connectivity index (χ4v) is 4.08. The van der Waals surface area contributed by atoms with Gasteiger partial charge in [0, 0.05) is 43.0 Å². The Labute approximate surface area is 199 Å². The van der Waals surface area contributed by atoms with Crippen molar-refractivity contribution in [2.24, 2.45) is 0 Å². The second-order valence-electron chi connectivity index (χ2n) is 7.92. The highest BCUT2D eigenvalue weighted by molar-refractivity contribution is 6.30. The van der Waals surface area contributed by atoms with Crippen molar-refractivity contribution < 1.29 is 19.1 Å².